The van der Waals surface area contributed by atoms with E-state index in [-0.39, 0.29) is 0 Å². The van der Waals surface area contributed by atoms with Crippen LogP contribution in [0, 0.1) is 0 Å². The molecule has 0 amide bonds. The first-order chi connectivity index (χ1) is 16.1. The van der Waals surface area contributed by atoms with Crippen molar-refractivity contribution < 1.29 is 9.84 Å². The highest BCUT2D eigenvalue weighted by Crippen LogP contribution is 2.25. The molecule has 2 aromatic rings. The van der Waals surface area contributed by atoms with E-state index >= 15 is 0 Å². The highest BCUT2D eigenvalue weighted by atomic mass is 16.5. The maximum atomic E-state index is 11.2. The summed E-state index contributed by atoms with van der Waals surface area (Å²) < 4.78 is 6.00. The lowest BCUT2D eigenvalue weighted by Crippen LogP contribution is -2.53. The molecular formula is C25H38N6O2. The average Bonchev–Trinajstić information content (AvgIpc) is 2.85. The molecule has 2 aliphatic rings. The summed E-state index contributed by atoms with van der Waals surface area (Å²) >= 11 is 0. The number of piperidine rings is 2. The van der Waals surface area contributed by atoms with Gasteiger partial charge in [-0.1, -0.05) is 18.6 Å². The number of rotatable bonds is 10. The predicted molar refractivity (Wildman–Crippen MR) is 132 cm³/mol. The Kier molecular flexibility index (Phi) is 8.36. The van der Waals surface area contributed by atoms with Crippen molar-refractivity contribution in [1.82, 2.24) is 20.2 Å². The third-order valence-corrected chi connectivity index (χ3v) is 6.59. The molecular weight excluding hydrogens is 416 g/mol. The summed E-state index contributed by atoms with van der Waals surface area (Å²) in [5.41, 5.74) is 0.377. The molecule has 4 rings (SSSR count). The van der Waals surface area contributed by atoms with Crippen LogP contribution in [0.15, 0.2) is 36.7 Å². The van der Waals surface area contributed by atoms with Gasteiger partial charge in [-0.3, -0.25) is 4.90 Å². The van der Waals surface area contributed by atoms with Crippen molar-refractivity contribution in [3.63, 3.8) is 0 Å². The lowest BCUT2D eigenvalue weighted by Gasteiger charge is -2.40. The average molecular weight is 455 g/mol. The molecule has 0 spiro atoms. The molecule has 180 valence electrons. The fraction of sp³-hybridized carbons (Fsp3) is 0.600. The van der Waals surface area contributed by atoms with Crippen LogP contribution in [0.4, 0.5) is 11.6 Å². The van der Waals surface area contributed by atoms with Crippen LogP contribution >= 0.6 is 0 Å². The summed E-state index contributed by atoms with van der Waals surface area (Å²) in [6.45, 7) is 6.79. The normalized spacial score (nSPS) is 21.7. The van der Waals surface area contributed by atoms with Gasteiger partial charge >= 0.3 is 0 Å². The van der Waals surface area contributed by atoms with Gasteiger partial charge in [-0.05, 0) is 56.5 Å². The maximum absolute atomic E-state index is 11.2. The van der Waals surface area contributed by atoms with Gasteiger partial charge in [-0.2, -0.15) is 0 Å². The molecule has 0 aliphatic carbocycles. The molecule has 1 unspecified atom stereocenters. The fourth-order valence-electron chi connectivity index (χ4n) is 4.77. The van der Waals surface area contributed by atoms with Gasteiger partial charge in [0, 0.05) is 45.8 Å². The summed E-state index contributed by atoms with van der Waals surface area (Å²) in [5.74, 6) is 2.55. The van der Waals surface area contributed by atoms with Gasteiger partial charge in [0.2, 0.25) is 0 Å². The largest absolute Gasteiger partial charge is 0.492 e. The summed E-state index contributed by atoms with van der Waals surface area (Å²) in [6, 6.07) is 10.2. The van der Waals surface area contributed by atoms with E-state index < -0.39 is 5.60 Å². The number of hydrogen-bond donors (Lipinski definition) is 3. The van der Waals surface area contributed by atoms with Crippen LogP contribution in [-0.2, 0) is 6.54 Å². The Hall–Kier alpha value is -2.42. The number of anilines is 2. The zero-order valence-electron chi connectivity index (χ0n) is 19.8. The molecule has 1 aromatic carbocycles. The van der Waals surface area contributed by atoms with Crippen LogP contribution in [0.5, 0.6) is 5.75 Å². The minimum absolute atomic E-state index is 0.535. The third-order valence-electron chi connectivity index (χ3n) is 6.59. The Bertz CT molecular complexity index is 875. The van der Waals surface area contributed by atoms with Crippen molar-refractivity contribution in [1.29, 1.82) is 0 Å². The zero-order valence-corrected chi connectivity index (χ0v) is 19.8. The summed E-state index contributed by atoms with van der Waals surface area (Å²) in [6.07, 6.45) is 7.24. The quantitative estimate of drug-likeness (QED) is 0.505. The molecule has 8 heteroatoms. The molecule has 0 bridgehead atoms. The monoisotopic (exact) mass is 454 g/mol. The summed E-state index contributed by atoms with van der Waals surface area (Å²) in [7, 11) is 1.84. The van der Waals surface area contributed by atoms with Gasteiger partial charge < -0.3 is 25.4 Å². The molecule has 3 heterocycles. The second kappa shape index (κ2) is 11.6. The minimum atomic E-state index is -0.786. The van der Waals surface area contributed by atoms with Gasteiger partial charge in [0.05, 0.1) is 5.60 Å². The van der Waals surface area contributed by atoms with Crippen LogP contribution in [0.1, 0.15) is 37.7 Å². The Morgan fingerprint density at radius 2 is 1.97 bits per heavy atom. The summed E-state index contributed by atoms with van der Waals surface area (Å²) in [5, 5.41) is 17.7. The molecule has 8 nitrogen and oxygen atoms in total. The van der Waals surface area contributed by atoms with Gasteiger partial charge in [0.15, 0.2) is 0 Å². The van der Waals surface area contributed by atoms with Crippen LogP contribution in [0.3, 0.4) is 0 Å². The number of ether oxygens (including phenoxy) is 1. The predicted octanol–water partition coefficient (Wildman–Crippen LogP) is 2.50. The van der Waals surface area contributed by atoms with Crippen molar-refractivity contribution >= 4 is 11.6 Å². The van der Waals surface area contributed by atoms with Crippen molar-refractivity contribution in [3.05, 3.63) is 42.2 Å². The highest BCUT2D eigenvalue weighted by Gasteiger charge is 2.33. The molecule has 33 heavy (non-hydrogen) atoms. The molecule has 0 saturated carbocycles. The smallest absolute Gasteiger partial charge is 0.134 e. The van der Waals surface area contributed by atoms with E-state index in [4.69, 9.17) is 4.74 Å². The standard InChI is InChI=1S/C25H38N6O2/c1-26-23-16-24(29-20-28-23)31-12-6-9-25(32,19-31)18-27-17-21-7-5-8-22(15-21)33-14-13-30-10-3-2-4-11-30/h5,7-8,15-16,20,27,32H,2-4,6,9-14,17-19H2,1H3,(H,26,28,29). The van der Waals surface area contributed by atoms with E-state index in [0.717, 1.165) is 55.5 Å². The number of aromatic nitrogens is 2. The van der Waals surface area contributed by atoms with Crippen molar-refractivity contribution in [2.24, 2.45) is 0 Å². The number of β-amino-alcohol motifs (C(OH)–C–C–N with tert-alkyl or cyclic N) is 1. The van der Waals surface area contributed by atoms with Gasteiger partial charge in [-0.15, -0.1) is 0 Å². The van der Waals surface area contributed by atoms with Crippen molar-refractivity contribution in [2.45, 2.75) is 44.2 Å². The van der Waals surface area contributed by atoms with E-state index in [1.54, 1.807) is 6.33 Å². The molecule has 2 aliphatic heterocycles. The first-order valence-electron chi connectivity index (χ1n) is 12.3. The van der Waals surface area contributed by atoms with Crippen molar-refractivity contribution in [3.8, 4) is 5.75 Å². The topological polar surface area (TPSA) is 85.8 Å². The molecule has 0 radical (unpaired) electrons. The van der Waals surface area contributed by atoms with E-state index in [1.807, 2.05) is 25.2 Å². The van der Waals surface area contributed by atoms with Crippen LogP contribution in [0.25, 0.3) is 0 Å². The second-order valence-corrected chi connectivity index (χ2v) is 9.26. The molecule has 2 saturated heterocycles. The SMILES string of the molecule is CNc1cc(N2CCCC(O)(CNCc3cccc(OCCN4CCCCC4)c3)C2)ncn1. The highest BCUT2D eigenvalue weighted by molar-refractivity contribution is 5.48. The lowest BCUT2D eigenvalue weighted by atomic mass is 9.92. The molecule has 1 atom stereocenters. The van der Waals surface area contributed by atoms with E-state index in [0.29, 0.717) is 19.6 Å². The summed E-state index contributed by atoms with van der Waals surface area (Å²) in [4.78, 5) is 13.2. The minimum Gasteiger partial charge on any atom is -0.492 e. The number of benzene rings is 1. The van der Waals surface area contributed by atoms with Gasteiger partial charge in [0.1, 0.15) is 30.3 Å². The van der Waals surface area contributed by atoms with E-state index in [9.17, 15) is 5.11 Å². The number of nitrogens with one attached hydrogen (secondary N) is 2. The first-order valence-corrected chi connectivity index (χ1v) is 12.3. The van der Waals surface area contributed by atoms with Crippen LogP contribution < -0.4 is 20.3 Å². The molecule has 2 fully saturated rings. The Labute approximate surface area is 197 Å². The van der Waals surface area contributed by atoms with Crippen LogP contribution in [0.2, 0.25) is 0 Å². The number of nitrogens with zero attached hydrogens (tertiary/aromatic N) is 4. The van der Waals surface area contributed by atoms with E-state index in [2.05, 4.69) is 42.5 Å². The Morgan fingerprint density at radius 3 is 2.82 bits per heavy atom. The third kappa shape index (κ3) is 7.03. The lowest BCUT2D eigenvalue weighted by molar-refractivity contribution is 0.0259. The van der Waals surface area contributed by atoms with Gasteiger partial charge in [0.25, 0.3) is 0 Å². The number of aliphatic hydroxyl groups is 1. The Morgan fingerprint density at radius 1 is 1.09 bits per heavy atom. The molecule has 3 N–H and O–H groups in total. The van der Waals surface area contributed by atoms with E-state index in [1.165, 1.54) is 32.4 Å². The first kappa shape index (κ1) is 23.7. The zero-order chi connectivity index (χ0) is 22.9. The molecule has 1 aromatic heterocycles. The van der Waals surface area contributed by atoms with Crippen LogP contribution in [-0.4, -0.2) is 78.5 Å². The maximum Gasteiger partial charge on any atom is 0.134 e. The Balaban J connectivity index is 1.23. The van der Waals surface area contributed by atoms with Crippen molar-refractivity contribution in [2.75, 3.05) is 63.1 Å². The number of likely N-dealkylation sites (tertiary alicyclic amines) is 1. The second-order valence-electron chi connectivity index (χ2n) is 9.26. The number of hydrogen-bond acceptors (Lipinski definition) is 8. The fourth-order valence-corrected chi connectivity index (χ4v) is 4.77. The van der Waals surface area contributed by atoms with Gasteiger partial charge in [-0.25, -0.2) is 9.97 Å².